The number of likely N-dealkylation sites (N-methyl/N-ethyl adjacent to an activating group) is 1. The average Bonchev–Trinajstić information content (AvgIpc) is 2.11. The SMILES string of the molecule is CCCOCC(NC)C(C)C(C)C. The monoisotopic (exact) mass is 187 g/mol. The summed E-state index contributed by atoms with van der Waals surface area (Å²) in [6.45, 7) is 10.7. The summed E-state index contributed by atoms with van der Waals surface area (Å²) in [5.41, 5.74) is 0. The van der Waals surface area contributed by atoms with E-state index in [9.17, 15) is 0 Å². The van der Waals surface area contributed by atoms with E-state index < -0.39 is 0 Å². The third-order valence-electron chi connectivity index (χ3n) is 2.70. The molecule has 0 aliphatic carbocycles. The van der Waals surface area contributed by atoms with Crippen molar-refractivity contribution < 1.29 is 4.74 Å². The highest BCUT2D eigenvalue weighted by Crippen LogP contribution is 2.14. The van der Waals surface area contributed by atoms with E-state index in [1.165, 1.54) is 0 Å². The summed E-state index contributed by atoms with van der Waals surface area (Å²) in [6.07, 6.45) is 1.10. The first-order chi connectivity index (χ1) is 6.13. The first-order valence-electron chi connectivity index (χ1n) is 5.38. The van der Waals surface area contributed by atoms with Crippen LogP contribution in [0.3, 0.4) is 0 Å². The van der Waals surface area contributed by atoms with E-state index in [-0.39, 0.29) is 0 Å². The minimum atomic E-state index is 0.492. The fraction of sp³-hybridized carbons (Fsp3) is 1.00. The van der Waals surface area contributed by atoms with Crippen molar-refractivity contribution in [3.63, 3.8) is 0 Å². The second kappa shape index (κ2) is 7.34. The van der Waals surface area contributed by atoms with Crippen molar-refractivity contribution in [2.75, 3.05) is 20.3 Å². The van der Waals surface area contributed by atoms with E-state index in [1.807, 2.05) is 7.05 Å². The summed E-state index contributed by atoms with van der Waals surface area (Å²) in [5.74, 6) is 1.38. The minimum absolute atomic E-state index is 0.492. The van der Waals surface area contributed by atoms with Crippen LogP contribution in [-0.4, -0.2) is 26.3 Å². The van der Waals surface area contributed by atoms with Crippen molar-refractivity contribution in [1.29, 1.82) is 0 Å². The Balaban J connectivity index is 3.73. The lowest BCUT2D eigenvalue weighted by Crippen LogP contribution is -2.38. The van der Waals surface area contributed by atoms with Crippen molar-refractivity contribution >= 4 is 0 Å². The Hall–Kier alpha value is -0.0800. The maximum atomic E-state index is 5.54. The van der Waals surface area contributed by atoms with Gasteiger partial charge in [0, 0.05) is 12.6 Å². The molecule has 0 aromatic rings. The molecule has 0 aromatic carbocycles. The summed E-state index contributed by atoms with van der Waals surface area (Å²) in [5, 5.41) is 3.32. The molecule has 2 atom stereocenters. The van der Waals surface area contributed by atoms with E-state index >= 15 is 0 Å². The highest BCUT2D eigenvalue weighted by atomic mass is 16.5. The number of rotatable bonds is 7. The van der Waals surface area contributed by atoms with Crippen LogP contribution < -0.4 is 5.32 Å². The van der Waals surface area contributed by atoms with Crippen LogP contribution >= 0.6 is 0 Å². The van der Waals surface area contributed by atoms with Gasteiger partial charge in [-0.1, -0.05) is 27.7 Å². The van der Waals surface area contributed by atoms with Gasteiger partial charge < -0.3 is 10.1 Å². The summed E-state index contributed by atoms with van der Waals surface area (Å²) in [7, 11) is 2.01. The first kappa shape index (κ1) is 12.9. The van der Waals surface area contributed by atoms with Gasteiger partial charge in [-0.3, -0.25) is 0 Å². The molecule has 2 unspecified atom stereocenters. The standard InChI is InChI=1S/C11H25NO/c1-6-7-13-8-11(12-5)10(4)9(2)3/h9-12H,6-8H2,1-5H3. The molecule has 0 spiro atoms. The predicted octanol–water partition coefficient (Wildman–Crippen LogP) is 2.29. The topological polar surface area (TPSA) is 21.3 Å². The molecule has 0 fully saturated rings. The van der Waals surface area contributed by atoms with E-state index in [2.05, 4.69) is 33.0 Å². The maximum Gasteiger partial charge on any atom is 0.0622 e. The van der Waals surface area contributed by atoms with Gasteiger partial charge in [0.15, 0.2) is 0 Å². The summed E-state index contributed by atoms with van der Waals surface area (Å²) >= 11 is 0. The first-order valence-corrected chi connectivity index (χ1v) is 5.38. The molecule has 0 aliphatic heterocycles. The van der Waals surface area contributed by atoms with Crippen LogP contribution in [0.25, 0.3) is 0 Å². The van der Waals surface area contributed by atoms with Gasteiger partial charge in [-0.25, -0.2) is 0 Å². The molecule has 0 radical (unpaired) electrons. The van der Waals surface area contributed by atoms with Gasteiger partial charge >= 0.3 is 0 Å². The molecule has 0 saturated heterocycles. The Kier molecular flexibility index (Phi) is 7.29. The Labute approximate surface area is 83.1 Å². The molecule has 0 rings (SSSR count). The highest BCUT2D eigenvalue weighted by Gasteiger charge is 2.18. The molecule has 2 nitrogen and oxygen atoms in total. The number of hydrogen-bond donors (Lipinski definition) is 1. The molecular formula is C11H25NO. The van der Waals surface area contributed by atoms with Gasteiger partial charge in [0.25, 0.3) is 0 Å². The zero-order valence-corrected chi connectivity index (χ0v) is 9.76. The molecule has 13 heavy (non-hydrogen) atoms. The van der Waals surface area contributed by atoms with Crippen LogP contribution in [0.2, 0.25) is 0 Å². The van der Waals surface area contributed by atoms with Gasteiger partial charge in [0.05, 0.1) is 6.61 Å². The normalized spacial score (nSPS) is 16.2. The van der Waals surface area contributed by atoms with E-state index in [0.717, 1.165) is 19.6 Å². The predicted molar refractivity (Wildman–Crippen MR) is 58.0 cm³/mol. The minimum Gasteiger partial charge on any atom is -0.380 e. The number of hydrogen-bond acceptors (Lipinski definition) is 2. The van der Waals surface area contributed by atoms with Gasteiger partial charge in [0.1, 0.15) is 0 Å². The third-order valence-corrected chi connectivity index (χ3v) is 2.70. The molecule has 0 amide bonds. The Morgan fingerprint density at radius 1 is 1.23 bits per heavy atom. The van der Waals surface area contributed by atoms with Crippen LogP contribution in [0.1, 0.15) is 34.1 Å². The maximum absolute atomic E-state index is 5.54. The molecular weight excluding hydrogens is 162 g/mol. The fourth-order valence-electron chi connectivity index (χ4n) is 1.32. The lowest BCUT2D eigenvalue weighted by molar-refractivity contribution is 0.0902. The second-order valence-corrected chi connectivity index (χ2v) is 4.07. The van der Waals surface area contributed by atoms with E-state index in [0.29, 0.717) is 17.9 Å². The van der Waals surface area contributed by atoms with Crippen molar-refractivity contribution in [2.45, 2.75) is 40.2 Å². The zero-order valence-electron chi connectivity index (χ0n) is 9.76. The highest BCUT2D eigenvalue weighted by molar-refractivity contribution is 4.73. The van der Waals surface area contributed by atoms with Crippen molar-refractivity contribution in [3.8, 4) is 0 Å². The second-order valence-electron chi connectivity index (χ2n) is 4.07. The van der Waals surface area contributed by atoms with Gasteiger partial charge in [-0.05, 0) is 25.3 Å². The molecule has 0 aromatic heterocycles. The molecule has 1 N–H and O–H groups in total. The van der Waals surface area contributed by atoms with Crippen LogP contribution in [0.5, 0.6) is 0 Å². The van der Waals surface area contributed by atoms with Crippen molar-refractivity contribution in [3.05, 3.63) is 0 Å². The molecule has 0 aliphatic rings. The van der Waals surface area contributed by atoms with Crippen LogP contribution in [0.4, 0.5) is 0 Å². The molecule has 0 bridgehead atoms. The molecule has 0 saturated carbocycles. The van der Waals surface area contributed by atoms with E-state index in [4.69, 9.17) is 4.74 Å². The lowest BCUT2D eigenvalue weighted by Gasteiger charge is -2.26. The third kappa shape index (κ3) is 5.27. The van der Waals surface area contributed by atoms with Crippen LogP contribution in [0, 0.1) is 11.8 Å². The summed E-state index contributed by atoms with van der Waals surface area (Å²) in [6, 6.07) is 0.492. The van der Waals surface area contributed by atoms with Crippen LogP contribution in [0.15, 0.2) is 0 Å². The van der Waals surface area contributed by atoms with Crippen molar-refractivity contribution in [1.82, 2.24) is 5.32 Å². The summed E-state index contributed by atoms with van der Waals surface area (Å²) in [4.78, 5) is 0. The van der Waals surface area contributed by atoms with Crippen molar-refractivity contribution in [2.24, 2.45) is 11.8 Å². The Morgan fingerprint density at radius 3 is 2.23 bits per heavy atom. The summed E-state index contributed by atoms with van der Waals surface area (Å²) < 4.78 is 5.54. The molecule has 0 heterocycles. The average molecular weight is 187 g/mol. The van der Waals surface area contributed by atoms with Crippen LogP contribution in [-0.2, 0) is 4.74 Å². The molecule has 2 heteroatoms. The van der Waals surface area contributed by atoms with E-state index in [1.54, 1.807) is 0 Å². The van der Waals surface area contributed by atoms with Gasteiger partial charge in [-0.2, -0.15) is 0 Å². The Bertz CT molecular complexity index is 115. The Morgan fingerprint density at radius 2 is 1.85 bits per heavy atom. The molecule has 80 valence electrons. The smallest absolute Gasteiger partial charge is 0.0622 e. The quantitative estimate of drug-likeness (QED) is 0.617. The van der Waals surface area contributed by atoms with Gasteiger partial charge in [-0.15, -0.1) is 0 Å². The number of ether oxygens (including phenoxy) is 1. The van der Waals surface area contributed by atoms with Gasteiger partial charge in [0.2, 0.25) is 0 Å². The zero-order chi connectivity index (χ0) is 10.3. The fourth-order valence-corrected chi connectivity index (χ4v) is 1.32. The largest absolute Gasteiger partial charge is 0.380 e. The lowest BCUT2D eigenvalue weighted by atomic mass is 9.91. The number of nitrogens with one attached hydrogen (secondary N) is 1.